The molecule has 0 saturated carbocycles. The fraction of sp³-hybridized carbons (Fsp3) is 0.211. The minimum absolute atomic E-state index is 0.616. The number of nitrogens with zero attached hydrogens (tertiary/aromatic N) is 1. The molecular weight excluding hydrogens is 278 g/mol. The highest BCUT2D eigenvalue weighted by molar-refractivity contribution is 6.30. The van der Waals surface area contributed by atoms with E-state index in [9.17, 15) is 0 Å². The van der Waals surface area contributed by atoms with Crippen LogP contribution in [0.3, 0.4) is 0 Å². The van der Waals surface area contributed by atoms with Gasteiger partial charge in [0, 0.05) is 11.8 Å². The lowest BCUT2D eigenvalue weighted by Crippen LogP contribution is -1.95. The molecule has 1 aromatic heterocycles. The number of para-hydroxylation sites is 1. The van der Waals surface area contributed by atoms with E-state index in [2.05, 4.69) is 67.4 Å². The van der Waals surface area contributed by atoms with E-state index in [1.807, 2.05) is 0 Å². The number of fused-ring (bicyclic) bond motifs is 1. The summed E-state index contributed by atoms with van der Waals surface area (Å²) >= 11 is 6.41. The zero-order chi connectivity index (χ0) is 14.8. The summed E-state index contributed by atoms with van der Waals surface area (Å²) in [6.45, 7) is 4.25. The quantitative estimate of drug-likeness (QED) is 0.594. The first-order valence-electron chi connectivity index (χ1n) is 7.30. The molecule has 21 heavy (non-hydrogen) atoms. The fourth-order valence-electron chi connectivity index (χ4n) is 2.73. The van der Waals surface area contributed by atoms with Crippen molar-refractivity contribution < 1.29 is 0 Å². The summed E-state index contributed by atoms with van der Waals surface area (Å²) in [5.41, 5.74) is 5.90. The Bertz CT molecular complexity index is 793. The zero-order valence-electron chi connectivity index (χ0n) is 12.4. The summed E-state index contributed by atoms with van der Waals surface area (Å²) < 4.78 is 0. The van der Waals surface area contributed by atoms with E-state index >= 15 is 0 Å². The van der Waals surface area contributed by atoms with Crippen LogP contribution < -0.4 is 0 Å². The van der Waals surface area contributed by atoms with Crippen molar-refractivity contribution in [1.82, 2.24) is 4.98 Å². The second kappa shape index (κ2) is 5.87. The molecule has 0 fully saturated rings. The predicted octanol–water partition coefficient (Wildman–Crippen LogP) is 5.35. The van der Waals surface area contributed by atoms with Gasteiger partial charge in [0.1, 0.15) is 5.15 Å². The number of rotatable bonds is 3. The second-order valence-corrected chi connectivity index (χ2v) is 5.80. The molecular formula is C19H18ClN. The van der Waals surface area contributed by atoms with Crippen LogP contribution in [0.25, 0.3) is 10.9 Å². The molecule has 0 N–H and O–H groups in total. The molecule has 0 unspecified atom stereocenters. The summed E-state index contributed by atoms with van der Waals surface area (Å²) in [5, 5.41) is 1.78. The molecule has 0 radical (unpaired) electrons. The van der Waals surface area contributed by atoms with Crippen LogP contribution in [0.2, 0.25) is 5.15 Å². The van der Waals surface area contributed by atoms with E-state index < -0.39 is 0 Å². The average Bonchev–Trinajstić information content (AvgIpc) is 2.47. The Morgan fingerprint density at radius 2 is 1.81 bits per heavy atom. The number of aromatic nitrogens is 1. The van der Waals surface area contributed by atoms with Crippen molar-refractivity contribution in [2.24, 2.45) is 0 Å². The van der Waals surface area contributed by atoms with Crippen molar-refractivity contribution in [2.75, 3.05) is 0 Å². The molecule has 0 aliphatic rings. The molecule has 0 saturated heterocycles. The molecule has 0 aliphatic carbocycles. The average molecular weight is 296 g/mol. The zero-order valence-corrected chi connectivity index (χ0v) is 13.1. The first-order chi connectivity index (χ1) is 10.2. The van der Waals surface area contributed by atoms with Gasteiger partial charge in [0.2, 0.25) is 0 Å². The third-order valence-corrected chi connectivity index (χ3v) is 4.14. The Hall–Kier alpha value is -1.86. The van der Waals surface area contributed by atoms with E-state index in [0.29, 0.717) is 5.15 Å². The van der Waals surface area contributed by atoms with Crippen molar-refractivity contribution >= 4 is 22.5 Å². The second-order valence-electron chi connectivity index (χ2n) is 5.45. The van der Waals surface area contributed by atoms with Gasteiger partial charge in [-0.1, -0.05) is 66.6 Å². The van der Waals surface area contributed by atoms with Crippen LogP contribution in [-0.2, 0) is 12.8 Å². The van der Waals surface area contributed by atoms with E-state index in [-0.39, 0.29) is 0 Å². The number of halogens is 1. The lowest BCUT2D eigenvalue weighted by Gasteiger charge is -2.09. The van der Waals surface area contributed by atoms with Crippen molar-refractivity contribution in [2.45, 2.75) is 26.7 Å². The molecule has 2 heteroatoms. The molecule has 3 rings (SSSR count). The maximum absolute atomic E-state index is 6.41. The summed E-state index contributed by atoms with van der Waals surface area (Å²) in [7, 11) is 0. The van der Waals surface area contributed by atoms with Crippen LogP contribution in [0.4, 0.5) is 0 Å². The van der Waals surface area contributed by atoms with E-state index in [1.165, 1.54) is 22.1 Å². The van der Waals surface area contributed by atoms with Crippen molar-refractivity contribution in [3.05, 3.63) is 75.9 Å². The highest BCUT2D eigenvalue weighted by atomic mass is 35.5. The van der Waals surface area contributed by atoms with Gasteiger partial charge in [-0.25, -0.2) is 4.98 Å². The van der Waals surface area contributed by atoms with Gasteiger partial charge >= 0.3 is 0 Å². The van der Waals surface area contributed by atoms with Gasteiger partial charge in [0.25, 0.3) is 0 Å². The van der Waals surface area contributed by atoms with Gasteiger partial charge in [0.15, 0.2) is 0 Å². The molecule has 1 nitrogen and oxygen atoms in total. The van der Waals surface area contributed by atoms with Gasteiger partial charge in [-0.05, 0) is 36.1 Å². The summed E-state index contributed by atoms with van der Waals surface area (Å²) in [5.74, 6) is 0. The molecule has 0 bridgehead atoms. The monoisotopic (exact) mass is 295 g/mol. The SMILES string of the molecule is CCc1cccc2cc(Cc3cccc(C)c3)c(Cl)nc12. The Kier molecular flexibility index (Phi) is 3.94. The van der Waals surface area contributed by atoms with Crippen LogP contribution in [0.1, 0.15) is 29.2 Å². The molecule has 106 valence electrons. The predicted molar refractivity (Wildman–Crippen MR) is 90.1 cm³/mol. The first kappa shape index (κ1) is 14.1. The molecule has 2 aromatic carbocycles. The van der Waals surface area contributed by atoms with Crippen LogP contribution in [-0.4, -0.2) is 4.98 Å². The van der Waals surface area contributed by atoms with Crippen LogP contribution >= 0.6 is 11.6 Å². The van der Waals surface area contributed by atoms with Gasteiger partial charge in [0.05, 0.1) is 5.52 Å². The maximum atomic E-state index is 6.41. The molecule has 0 spiro atoms. The summed E-state index contributed by atoms with van der Waals surface area (Å²) in [6, 6.07) is 17.0. The van der Waals surface area contributed by atoms with E-state index in [4.69, 9.17) is 11.6 Å². The molecule has 0 atom stereocenters. The number of pyridine rings is 1. The normalized spacial score (nSPS) is 11.0. The molecule has 1 heterocycles. The smallest absolute Gasteiger partial charge is 0.133 e. The van der Waals surface area contributed by atoms with E-state index in [1.54, 1.807) is 0 Å². The third-order valence-electron chi connectivity index (χ3n) is 3.81. The van der Waals surface area contributed by atoms with Crippen LogP contribution in [0.5, 0.6) is 0 Å². The van der Waals surface area contributed by atoms with Crippen LogP contribution in [0.15, 0.2) is 48.5 Å². The Morgan fingerprint density at radius 3 is 2.57 bits per heavy atom. The summed E-state index contributed by atoms with van der Waals surface area (Å²) in [6.07, 6.45) is 1.79. The van der Waals surface area contributed by atoms with E-state index in [0.717, 1.165) is 23.9 Å². The van der Waals surface area contributed by atoms with Gasteiger partial charge in [-0.2, -0.15) is 0 Å². The third kappa shape index (κ3) is 2.93. The number of hydrogen-bond donors (Lipinski definition) is 0. The van der Waals surface area contributed by atoms with Crippen LogP contribution in [0, 0.1) is 6.92 Å². The fourth-order valence-corrected chi connectivity index (χ4v) is 2.94. The number of aryl methyl sites for hydroxylation is 2. The minimum Gasteiger partial charge on any atom is -0.236 e. The standard InChI is InChI=1S/C19H18ClN/c1-3-15-8-5-9-16-12-17(19(20)21-18(15)16)11-14-7-4-6-13(2)10-14/h4-10,12H,3,11H2,1-2H3. The lowest BCUT2D eigenvalue weighted by molar-refractivity contribution is 1.12. The number of hydrogen-bond acceptors (Lipinski definition) is 1. The van der Waals surface area contributed by atoms with Crippen molar-refractivity contribution in [1.29, 1.82) is 0 Å². The topological polar surface area (TPSA) is 12.9 Å². The highest BCUT2D eigenvalue weighted by Gasteiger charge is 2.08. The lowest BCUT2D eigenvalue weighted by atomic mass is 10.0. The Balaban J connectivity index is 2.05. The first-order valence-corrected chi connectivity index (χ1v) is 7.67. The number of benzene rings is 2. The highest BCUT2D eigenvalue weighted by Crippen LogP contribution is 2.25. The van der Waals surface area contributed by atoms with Gasteiger partial charge in [-0.3, -0.25) is 0 Å². The molecule has 0 aliphatic heterocycles. The molecule has 0 amide bonds. The summed E-state index contributed by atoms with van der Waals surface area (Å²) in [4.78, 5) is 4.63. The molecule has 3 aromatic rings. The van der Waals surface area contributed by atoms with Crippen molar-refractivity contribution in [3.63, 3.8) is 0 Å². The minimum atomic E-state index is 0.616. The Morgan fingerprint density at radius 1 is 1.00 bits per heavy atom. The largest absolute Gasteiger partial charge is 0.236 e. The maximum Gasteiger partial charge on any atom is 0.133 e. The van der Waals surface area contributed by atoms with Gasteiger partial charge < -0.3 is 0 Å². The van der Waals surface area contributed by atoms with Crippen molar-refractivity contribution in [3.8, 4) is 0 Å². The Labute approximate surface area is 130 Å². The van der Waals surface area contributed by atoms with Gasteiger partial charge in [-0.15, -0.1) is 0 Å².